The molecule has 2 aromatic carbocycles. The van der Waals surface area contributed by atoms with Crippen LogP contribution in [0.2, 0.25) is 0 Å². The van der Waals surface area contributed by atoms with Gasteiger partial charge in [-0.15, -0.1) is 14.8 Å². The van der Waals surface area contributed by atoms with Gasteiger partial charge < -0.3 is 15.0 Å². The molecule has 1 spiro atoms. The first-order valence-corrected chi connectivity index (χ1v) is 12.1. The van der Waals surface area contributed by atoms with E-state index in [1.54, 1.807) is 6.07 Å². The average Bonchev–Trinajstić information content (AvgIpc) is 3.31. The summed E-state index contributed by atoms with van der Waals surface area (Å²) in [7, 11) is 0. The molecule has 10 heteroatoms. The molecule has 7 nitrogen and oxygen atoms in total. The maximum Gasteiger partial charge on any atom is 0.416 e. The van der Waals surface area contributed by atoms with E-state index in [0.29, 0.717) is 22.4 Å². The highest BCUT2D eigenvalue weighted by atomic mass is 19.4. The highest BCUT2D eigenvalue weighted by Crippen LogP contribution is 2.43. The maximum atomic E-state index is 13.5. The number of nitrogens with one attached hydrogen (secondary N) is 1. The number of hydrogen-bond donors (Lipinski definition) is 1. The van der Waals surface area contributed by atoms with Gasteiger partial charge in [0.1, 0.15) is 6.33 Å². The summed E-state index contributed by atoms with van der Waals surface area (Å²) in [5.74, 6) is 0.551. The van der Waals surface area contributed by atoms with Gasteiger partial charge in [0.25, 0.3) is 0 Å². The number of aromatic nitrogens is 4. The molecular weight excluding hydrogens is 469 g/mol. The van der Waals surface area contributed by atoms with Crippen molar-refractivity contribution < 1.29 is 17.9 Å². The van der Waals surface area contributed by atoms with Crippen LogP contribution >= 0.6 is 0 Å². The molecule has 2 aliphatic rings. The Morgan fingerprint density at radius 1 is 1.08 bits per heavy atom. The molecule has 0 bridgehead atoms. The third-order valence-corrected chi connectivity index (χ3v) is 7.70. The van der Waals surface area contributed by atoms with E-state index in [1.165, 1.54) is 23.9 Å². The second-order valence-corrected chi connectivity index (χ2v) is 10.0. The van der Waals surface area contributed by atoms with E-state index in [9.17, 15) is 13.2 Å². The number of alkyl halides is 3. The second-order valence-electron chi connectivity index (χ2n) is 10.0. The molecule has 1 unspecified atom stereocenters. The Balaban J connectivity index is 1.36. The Labute approximate surface area is 206 Å². The number of anilines is 2. The van der Waals surface area contributed by atoms with Crippen molar-refractivity contribution in [2.45, 2.75) is 38.9 Å². The van der Waals surface area contributed by atoms with E-state index in [-0.39, 0.29) is 5.56 Å². The summed E-state index contributed by atoms with van der Waals surface area (Å²) in [6.07, 6.45) is -0.790. The highest BCUT2D eigenvalue weighted by molar-refractivity contribution is 6.01. The van der Waals surface area contributed by atoms with Gasteiger partial charge in [-0.05, 0) is 62.1 Å². The molecule has 1 atom stereocenters. The van der Waals surface area contributed by atoms with Crippen molar-refractivity contribution >= 4 is 27.9 Å². The van der Waals surface area contributed by atoms with Crippen LogP contribution in [0.25, 0.3) is 16.4 Å². The first-order chi connectivity index (χ1) is 17.2. The molecule has 36 heavy (non-hydrogen) atoms. The van der Waals surface area contributed by atoms with Crippen LogP contribution in [-0.4, -0.2) is 46.1 Å². The van der Waals surface area contributed by atoms with Gasteiger partial charge in [0.05, 0.1) is 11.6 Å². The molecule has 0 saturated carbocycles. The molecule has 6 rings (SSSR count). The van der Waals surface area contributed by atoms with Crippen LogP contribution < -0.4 is 10.2 Å². The Hall–Kier alpha value is -3.40. The molecular formula is C26H27F3N6O. The largest absolute Gasteiger partial charge is 0.416 e. The van der Waals surface area contributed by atoms with Gasteiger partial charge in [0.2, 0.25) is 0 Å². The van der Waals surface area contributed by atoms with Crippen LogP contribution in [0.1, 0.15) is 42.5 Å². The van der Waals surface area contributed by atoms with E-state index >= 15 is 0 Å². The third-order valence-electron chi connectivity index (χ3n) is 7.70. The van der Waals surface area contributed by atoms with E-state index in [0.717, 1.165) is 61.7 Å². The zero-order valence-electron chi connectivity index (χ0n) is 20.1. The second kappa shape index (κ2) is 8.33. The van der Waals surface area contributed by atoms with Gasteiger partial charge in [0.15, 0.2) is 11.5 Å². The van der Waals surface area contributed by atoms with Crippen LogP contribution in [0.15, 0.2) is 42.7 Å². The lowest BCUT2D eigenvalue weighted by atomic mass is 9.73. The monoisotopic (exact) mass is 496 g/mol. The molecule has 188 valence electrons. The van der Waals surface area contributed by atoms with Crippen molar-refractivity contribution in [3.8, 4) is 0 Å². The van der Waals surface area contributed by atoms with Crippen molar-refractivity contribution in [2.24, 2.45) is 5.41 Å². The molecule has 0 amide bonds. The molecule has 0 radical (unpaired) electrons. The highest BCUT2D eigenvalue weighted by Gasteiger charge is 2.44. The summed E-state index contributed by atoms with van der Waals surface area (Å²) in [4.78, 5) is 6.73. The van der Waals surface area contributed by atoms with Crippen molar-refractivity contribution in [1.29, 1.82) is 0 Å². The zero-order valence-corrected chi connectivity index (χ0v) is 20.1. The summed E-state index contributed by atoms with van der Waals surface area (Å²) < 4.78 is 47.5. The molecule has 2 aromatic heterocycles. The normalized spacial score (nSPS) is 18.5. The Morgan fingerprint density at radius 3 is 2.61 bits per heavy atom. The fraction of sp³-hybridized carbons (Fsp3) is 0.423. The third kappa shape index (κ3) is 3.84. The Morgan fingerprint density at radius 2 is 1.86 bits per heavy atom. The number of fused-ring (bicyclic) bond motifs is 3. The lowest BCUT2D eigenvalue weighted by molar-refractivity contribution is -0.138. The number of nitrogens with zero attached hydrogens (tertiary/aromatic N) is 5. The van der Waals surface area contributed by atoms with Crippen molar-refractivity contribution in [3.05, 3.63) is 59.4 Å². The number of ether oxygens (including phenoxy) is 1. The number of hydrogen-bond acceptors (Lipinski definition) is 6. The summed E-state index contributed by atoms with van der Waals surface area (Å²) in [6, 6.07) is 10.1. The lowest BCUT2D eigenvalue weighted by Gasteiger charge is -2.53. The van der Waals surface area contributed by atoms with Crippen LogP contribution in [0.5, 0.6) is 0 Å². The van der Waals surface area contributed by atoms with E-state index in [4.69, 9.17) is 4.74 Å². The molecule has 2 aliphatic heterocycles. The number of halogens is 3. The first-order valence-electron chi connectivity index (χ1n) is 12.1. The van der Waals surface area contributed by atoms with Gasteiger partial charge >= 0.3 is 6.18 Å². The fourth-order valence-corrected chi connectivity index (χ4v) is 5.64. The van der Waals surface area contributed by atoms with E-state index in [2.05, 4.69) is 37.5 Å². The van der Waals surface area contributed by atoms with Gasteiger partial charge in [-0.3, -0.25) is 0 Å². The molecule has 4 aromatic rings. The average molecular weight is 497 g/mol. The lowest BCUT2D eigenvalue weighted by Crippen LogP contribution is -2.58. The maximum absolute atomic E-state index is 13.5. The zero-order chi connectivity index (χ0) is 25.1. The minimum absolute atomic E-state index is 0.208. The predicted molar refractivity (Wildman–Crippen MR) is 131 cm³/mol. The van der Waals surface area contributed by atoms with Crippen LogP contribution in [0.4, 0.5) is 24.7 Å². The summed E-state index contributed by atoms with van der Waals surface area (Å²) in [6.45, 7) is 6.98. The Bertz CT molecular complexity index is 1440. The van der Waals surface area contributed by atoms with E-state index in [1.807, 2.05) is 13.0 Å². The fourth-order valence-electron chi connectivity index (χ4n) is 5.64. The van der Waals surface area contributed by atoms with Crippen molar-refractivity contribution in [2.75, 3.05) is 36.5 Å². The number of rotatable bonds is 4. The van der Waals surface area contributed by atoms with Gasteiger partial charge in [-0.2, -0.15) is 13.2 Å². The summed E-state index contributed by atoms with van der Waals surface area (Å²) in [5, 5.41) is 13.9. The molecule has 4 heterocycles. The molecule has 1 N–H and O–H groups in total. The molecule has 2 fully saturated rings. The Kier molecular flexibility index (Phi) is 5.33. The molecule has 2 saturated heterocycles. The standard InChI is InChI=1S/C26H27F3N6O/c1-16-19(4-3-5-22(16)26(27,28)29)17(2)32-23-21-12-18(34-13-25(14-34)8-10-36-11-9-25)6-7-20(21)24-30-15-31-35(24)33-23/h3-7,12,15,17H,8-11,13-14H2,1-2H3,(H,32,33). The van der Waals surface area contributed by atoms with Crippen LogP contribution in [0, 0.1) is 12.3 Å². The van der Waals surface area contributed by atoms with Crippen LogP contribution in [-0.2, 0) is 10.9 Å². The van der Waals surface area contributed by atoms with Gasteiger partial charge in [-0.25, -0.2) is 4.98 Å². The minimum atomic E-state index is -4.40. The summed E-state index contributed by atoms with van der Waals surface area (Å²) >= 11 is 0. The first kappa shape index (κ1) is 23.0. The summed E-state index contributed by atoms with van der Waals surface area (Å²) in [5.41, 5.74) is 2.21. The SMILES string of the molecule is Cc1c(C(C)Nc2nn3ncnc3c3ccc(N4CC5(CCOCC5)C4)cc23)cccc1C(F)(F)F. The predicted octanol–water partition coefficient (Wildman–Crippen LogP) is 5.39. The van der Waals surface area contributed by atoms with Crippen molar-refractivity contribution in [3.63, 3.8) is 0 Å². The minimum Gasteiger partial charge on any atom is -0.381 e. The topological polar surface area (TPSA) is 67.6 Å². The van der Waals surface area contributed by atoms with Crippen LogP contribution in [0.3, 0.4) is 0 Å². The number of benzene rings is 2. The molecule has 0 aliphatic carbocycles. The van der Waals surface area contributed by atoms with E-state index < -0.39 is 17.8 Å². The quantitative estimate of drug-likeness (QED) is 0.408. The van der Waals surface area contributed by atoms with Gasteiger partial charge in [0, 0.05) is 48.2 Å². The smallest absolute Gasteiger partial charge is 0.381 e. The van der Waals surface area contributed by atoms with Crippen molar-refractivity contribution in [1.82, 2.24) is 19.8 Å². The van der Waals surface area contributed by atoms with Gasteiger partial charge in [-0.1, -0.05) is 12.1 Å².